The van der Waals surface area contributed by atoms with Crippen LogP contribution in [-0.4, -0.2) is 0 Å². The van der Waals surface area contributed by atoms with Crippen molar-refractivity contribution in [2.24, 2.45) is 0 Å². The lowest BCUT2D eigenvalue weighted by atomic mass is 9.94. The number of halogens is 2. The van der Waals surface area contributed by atoms with Crippen molar-refractivity contribution in [1.82, 2.24) is 0 Å². The predicted molar refractivity (Wildman–Crippen MR) is 141 cm³/mol. The zero-order valence-electron chi connectivity index (χ0n) is 16.9. The lowest BCUT2D eigenvalue weighted by molar-refractivity contribution is 0.573. The van der Waals surface area contributed by atoms with Crippen molar-refractivity contribution >= 4 is 108 Å². The van der Waals surface area contributed by atoms with Crippen LogP contribution in [0.3, 0.4) is 0 Å². The minimum Gasteiger partial charge on any atom is -0.471 e. The molecule has 33 heavy (non-hydrogen) atoms. The summed E-state index contributed by atoms with van der Waals surface area (Å²) in [4.78, 5) is 0. The van der Waals surface area contributed by atoms with E-state index in [0.29, 0.717) is 0 Å². The van der Waals surface area contributed by atoms with Crippen LogP contribution in [0.25, 0.3) is 76.2 Å². The number of furan rings is 3. The van der Waals surface area contributed by atoms with Crippen LogP contribution in [0.15, 0.2) is 95.4 Å². The van der Waals surface area contributed by atoms with E-state index in [4.69, 9.17) is 13.3 Å². The van der Waals surface area contributed by atoms with E-state index in [9.17, 15) is 0 Å². The Kier molecular flexibility index (Phi) is 3.41. The molecule has 3 aromatic heterocycles. The van der Waals surface area contributed by atoms with Crippen molar-refractivity contribution in [3.63, 3.8) is 0 Å². The second kappa shape index (κ2) is 6.19. The van der Waals surface area contributed by atoms with Crippen molar-refractivity contribution in [1.29, 1.82) is 0 Å². The minimum absolute atomic E-state index is 0.845. The predicted octanol–water partition coefficient (Wildman–Crippen LogP) is 10.1. The fraction of sp³-hybridized carbons (Fsp3) is 0. The smallest absolute Gasteiger partial charge is 0.145 e. The number of fused-ring (bicyclic) bond motifs is 14. The molecule has 0 aliphatic carbocycles. The number of benzene rings is 5. The Hall–Kier alpha value is -3.28. The molecule has 0 bridgehead atoms. The summed E-state index contributed by atoms with van der Waals surface area (Å²) in [6, 6.07) is 20.7. The Labute approximate surface area is 202 Å². The second-order valence-electron chi connectivity index (χ2n) is 8.37. The van der Waals surface area contributed by atoms with Gasteiger partial charge in [-0.05, 0) is 66.9 Å². The molecule has 0 amide bonds. The van der Waals surface area contributed by atoms with Gasteiger partial charge in [0.25, 0.3) is 0 Å². The molecule has 5 aromatic carbocycles. The van der Waals surface area contributed by atoms with Gasteiger partial charge in [0.1, 0.15) is 22.3 Å². The molecule has 156 valence electrons. The molecule has 5 heteroatoms. The van der Waals surface area contributed by atoms with Gasteiger partial charge in [-0.3, -0.25) is 0 Å². The second-order valence-corrected chi connectivity index (χ2v) is 10.1. The molecule has 0 atom stereocenters. The van der Waals surface area contributed by atoms with Crippen LogP contribution in [0.5, 0.6) is 0 Å². The number of hydrogen-bond acceptors (Lipinski definition) is 3. The van der Waals surface area contributed by atoms with E-state index < -0.39 is 0 Å². The molecule has 0 unspecified atom stereocenters. The van der Waals surface area contributed by atoms with Gasteiger partial charge >= 0.3 is 0 Å². The highest BCUT2D eigenvalue weighted by Gasteiger charge is 2.23. The molecule has 3 nitrogen and oxygen atoms in total. The highest BCUT2D eigenvalue weighted by atomic mass is 79.9. The summed E-state index contributed by atoms with van der Waals surface area (Å²) in [5.41, 5.74) is 3.41. The quantitative estimate of drug-likeness (QED) is 0.175. The summed E-state index contributed by atoms with van der Waals surface area (Å²) in [5.74, 6) is 0. The standard InChI is InChI=1S/C28H12Br2O3/c29-19-9-15-17-11-31-12-18(17)16-10-20(30)24-14-6-2-4-8-22(14)33-28(24)26(16)25(15)27-23(19)13-5-1-3-7-21(13)32-27/h1-12H. The summed E-state index contributed by atoms with van der Waals surface area (Å²) >= 11 is 7.65. The van der Waals surface area contributed by atoms with Crippen LogP contribution in [-0.2, 0) is 0 Å². The summed E-state index contributed by atoms with van der Waals surface area (Å²) in [7, 11) is 0. The van der Waals surface area contributed by atoms with E-state index in [-0.39, 0.29) is 0 Å². The first kappa shape index (κ1) is 18.2. The highest BCUT2D eigenvalue weighted by Crippen LogP contribution is 2.49. The lowest BCUT2D eigenvalue weighted by Gasteiger charge is -2.10. The monoisotopic (exact) mass is 554 g/mol. The van der Waals surface area contributed by atoms with Crippen LogP contribution in [0.2, 0.25) is 0 Å². The molecule has 0 fully saturated rings. The molecule has 0 aliphatic rings. The van der Waals surface area contributed by atoms with E-state index in [2.05, 4.69) is 56.1 Å². The van der Waals surface area contributed by atoms with Crippen molar-refractivity contribution < 1.29 is 13.3 Å². The Balaban J connectivity index is 1.80. The molecule has 8 aromatic rings. The molecule has 0 saturated carbocycles. The molecule has 0 spiro atoms. The van der Waals surface area contributed by atoms with Gasteiger partial charge < -0.3 is 13.3 Å². The Morgan fingerprint density at radius 3 is 1.42 bits per heavy atom. The van der Waals surface area contributed by atoms with Gasteiger partial charge in [-0.2, -0.15) is 0 Å². The number of rotatable bonds is 0. The zero-order valence-corrected chi connectivity index (χ0v) is 20.1. The van der Waals surface area contributed by atoms with Crippen molar-refractivity contribution in [2.45, 2.75) is 0 Å². The average Bonchev–Trinajstić information content (AvgIpc) is 3.54. The maximum Gasteiger partial charge on any atom is 0.145 e. The fourth-order valence-corrected chi connectivity index (χ4v) is 6.58. The Morgan fingerprint density at radius 1 is 0.485 bits per heavy atom. The largest absolute Gasteiger partial charge is 0.471 e. The zero-order chi connectivity index (χ0) is 21.8. The normalized spacial score (nSPS) is 12.5. The number of para-hydroxylation sites is 2. The van der Waals surface area contributed by atoms with Gasteiger partial charge in [0.15, 0.2) is 0 Å². The van der Waals surface area contributed by atoms with Crippen LogP contribution in [0.4, 0.5) is 0 Å². The van der Waals surface area contributed by atoms with Crippen LogP contribution < -0.4 is 0 Å². The van der Waals surface area contributed by atoms with Crippen LogP contribution in [0.1, 0.15) is 0 Å². The number of hydrogen-bond donors (Lipinski definition) is 0. The molecule has 0 N–H and O–H groups in total. The van der Waals surface area contributed by atoms with E-state index in [1.54, 1.807) is 0 Å². The van der Waals surface area contributed by atoms with Gasteiger partial charge in [0.05, 0.1) is 12.5 Å². The maximum absolute atomic E-state index is 6.52. The Bertz CT molecular complexity index is 1960. The summed E-state index contributed by atoms with van der Waals surface area (Å²) in [6.07, 6.45) is 3.63. The van der Waals surface area contributed by atoms with E-state index >= 15 is 0 Å². The van der Waals surface area contributed by atoms with Gasteiger partial charge in [-0.25, -0.2) is 0 Å². The molecular weight excluding hydrogens is 544 g/mol. The van der Waals surface area contributed by atoms with Gasteiger partial charge in [-0.15, -0.1) is 0 Å². The van der Waals surface area contributed by atoms with Crippen LogP contribution in [0, 0.1) is 0 Å². The molecule has 3 heterocycles. The maximum atomic E-state index is 6.52. The van der Waals surface area contributed by atoms with E-state index in [0.717, 1.165) is 85.1 Å². The average molecular weight is 556 g/mol. The first-order chi connectivity index (χ1) is 16.2. The summed E-state index contributed by atoms with van der Waals surface area (Å²) in [5, 5.41) is 10.6. The SMILES string of the molecule is Brc1cc2c3cocc3c3cc(Br)c4c5ccccc5oc4c3c2c2oc3ccccc3c12. The first-order valence-corrected chi connectivity index (χ1v) is 12.1. The van der Waals surface area contributed by atoms with Gasteiger partial charge in [0.2, 0.25) is 0 Å². The molecular formula is C28H12Br2O3. The third kappa shape index (κ3) is 2.19. The summed E-state index contributed by atoms with van der Waals surface area (Å²) in [6.45, 7) is 0. The van der Waals surface area contributed by atoms with Crippen molar-refractivity contribution in [3.8, 4) is 0 Å². The Morgan fingerprint density at radius 2 is 0.939 bits per heavy atom. The fourth-order valence-electron chi connectivity index (χ4n) is 5.34. The third-order valence-electron chi connectivity index (χ3n) is 6.70. The third-order valence-corrected chi connectivity index (χ3v) is 7.95. The van der Waals surface area contributed by atoms with E-state index in [1.165, 1.54) is 0 Å². The summed E-state index contributed by atoms with van der Waals surface area (Å²) < 4.78 is 20.7. The van der Waals surface area contributed by atoms with Gasteiger partial charge in [-0.1, -0.05) is 36.4 Å². The van der Waals surface area contributed by atoms with Crippen molar-refractivity contribution in [2.75, 3.05) is 0 Å². The molecule has 8 rings (SSSR count). The molecule has 0 aliphatic heterocycles. The molecule has 0 saturated heterocycles. The highest BCUT2D eigenvalue weighted by molar-refractivity contribution is 9.11. The van der Waals surface area contributed by atoms with Gasteiger partial charge in [0, 0.05) is 52.0 Å². The molecule has 0 radical (unpaired) electrons. The lowest BCUT2D eigenvalue weighted by Crippen LogP contribution is -1.84. The minimum atomic E-state index is 0.845. The van der Waals surface area contributed by atoms with Crippen LogP contribution >= 0.6 is 31.9 Å². The topological polar surface area (TPSA) is 39.4 Å². The first-order valence-electron chi connectivity index (χ1n) is 10.6. The van der Waals surface area contributed by atoms with E-state index in [1.807, 2.05) is 48.9 Å². The van der Waals surface area contributed by atoms with Crippen molar-refractivity contribution in [3.05, 3.63) is 82.1 Å².